The molecule has 1 heteroatoms. The first-order chi connectivity index (χ1) is 14.9. The summed E-state index contributed by atoms with van der Waals surface area (Å²) in [4.78, 5) is 2.50. The number of nitrogens with zero attached hydrogens (tertiary/aromatic N) is 1. The zero-order chi connectivity index (χ0) is 19.9. The van der Waals surface area contributed by atoms with Crippen molar-refractivity contribution in [3.05, 3.63) is 138 Å². The van der Waals surface area contributed by atoms with E-state index in [-0.39, 0.29) is 6.04 Å². The SMILES string of the molecule is C1=CC2=CC(=C3C=CC=C3)N(c3cc(-c4ccccc4)cc4ccccc34)C2C=C1. The molecule has 0 spiro atoms. The molecule has 1 atom stereocenters. The van der Waals surface area contributed by atoms with Gasteiger partial charge in [0.1, 0.15) is 0 Å². The van der Waals surface area contributed by atoms with E-state index in [1.54, 1.807) is 0 Å². The van der Waals surface area contributed by atoms with Gasteiger partial charge in [0.2, 0.25) is 0 Å². The molecule has 0 N–H and O–H groups in total. The lowest BCUT2D eigenvalue weighted by Crippen LogP contribution is -2.30. The van der Waals surface area contributed by atoms with Crippen LogP contribution in [0.5, 0.6) is 0 Å². The fourth-order valence-corrected chi connectivity index (χ4v) is 4.63. The van der Waals surface area contributed by atoms with E-state index < -0.39 is 0 Å². The molecule has 142 valence electrons. The average Bonchev–Trinajstić information content (AvgIpc) is 3.47. The largest absolute Gasteiger partial charge is 0.329 e. The van der Waals surface area contributed by atoms with Crippen LogP contribution in [0, 0.1) is 0 Å². The highest BCUT2D eigenvalue weighted by atomic mass is 15.2. The number of benzene rings is 3. The standard InChI is InChI=1S/C29H21N/c1-2-10-21(11-3-1)25-18-23-14-6-8-16-26(23)29(20-25)30-27-17-9-7-15-24(27)19-28(30)22-12-4-5-13-22/h1-20,27H. The van der Waals surface area contributed by atoms with Gasteiger partial charge in [0.15, 0.2) is 0 Å². The molecule has 1 nitrogen and oxygen atoms in total. The number of rotatable bonds is 2. The van der Waals surface area contributed by atoms with Gasteiger partial charge in [0.05, 0.1) is 11.7 Å². The van der Waals surface area contributed by atoms with Crippen LogP contribution in [0.15, 0.2) is 138 Å². The number of allylic oxidation sites excluding steroid dienone is 8. The predicted octanol–water partition coefficient (Wildman–Crippen LogP) is 7.13. The van der Waals surface area contributed by atoms with Crippen LogP contribution in [0.4, 0.5) is 5.69 Å². The molecule has 2 aliphatic carbocycles. The fraction of sp³-hybridized carbons (Fsp3) is 0.0345. The van der Waals surface area contributed by atoms with Crippen molar-refractivity contribution in [2.75, 3.05) is 4.90 Å². The highest BCUT2D eigenvalue weighted by Gasteiger charge is 2.32. The van der Waals surface area contributed by atoms with E-state index in [2.05, 4.69) is 126 Å². The molecular weight excluding hydrogens is 362 g/mol. The summed E-state index contributed by atoms with van der Waals surface area (Å²) < 4.78 is 0. The fourth-order valence-electron chi connectivity index (χ4n) is 4.63. The molecule has 1 unspecified atom stereocenters. The minimum Gasteiger partial charge on any atom is -0.329 e. The minimum absolute atomic E-state index is 0.217. The summed E-state index contributed by atoms with van der Waals surface area (Å²) in [7, 11) is 0. The first-order valence-electron chi connectivity index (χ1n) is 10.4. The zero-order valence-electron chi connectivity index (χ0n) is 16.6. The molecule has 0 amide bonds. The average molecular weight is 383 g/mol. The molecule has 0 radical (unpaired) electrons. The Morgan fingerprint density at radius 2 is 1.43 bits per heavy atom. The summed E-state index contributed by atoms with van der Waals surface area (Å²) in [5.41, 5.74) is 7.59. The third-order valence-corrected chi connectivity index (χ3v) is 6.04. The van der Waals surface area contributed by atoms with Crippen LogP contribution in [0.1, 0.15) is 0 Å². The van der Waals surface area contributed by atoms with Gasteiger partial charge >= 0.3 is 0 Å². The molecule has 0 aromatic heterocycles. The van der Waals surface area contributed by atoms with Gasteiger partial charge in [-0.25, -0.2) is 0 Å². The van der Waals surface area contributed by atoms with Gasteiger partial charge in [0.25, 0.3) is 0 Å². The van der Waals surface area contributed by atoms with Gasteiger partial charge in [0, 0.05) is 11.1 Å². The van der Waals surface area contributed by atoms with Crippen LogP contribution in [-0.4, -0.2) is 6.04 Å². The Balaban J connectivity index is 1.62. The summed E-state index contributed by atoms with van der Waals surface area (Å²) in [6.45, 7) is 0. The van der Waals surface area contributed by atoms with E-state index in [9.17, 15) is 0 Å². The molecule has 1 aliphatic heterocycles. The van der Waals surface area contributed by atoms with Gasteiger partial charge in [-0.2, -0.15) is 0 Å². The Kier molecular flexibility index (Phi) is 3.92. The van der Waals surface area contributed by atoms with E-state index in [1.807, 2.05) is 0 Å². The van der Waals surface area contributed by atoms with Crippen molar-refractivity contribution >= 4 is 16.5 Å². The van der Waals surface area contributed by atoms with Crippen LogP contribution < -0.4 is 4.90 Å². The van der Waals surface area contributed by atoms with Crippen molar-refractivity contribution in [2.45, 2.75) is 6.04 Å². The molecule has 6 rings (SSSR count). The molecule has 0 fully saturated rings. The van der Waals surface area contributed by atoms with Gasteiger partial charge in [-0.05, 0) is 45.9 Å². The van der Waals surface area contributed by atoms with Crippen molar-refractivity contribution in [3.63, 3.8) is 0 Å². The van der Waals surface area contributed by atoms with Gasteiger partial charge in [-0.15, -0.1) is 0 Å². The predicted molar refractivity (Wildman–Crippen MR) is 127 cm³/mol. The smallest absolute Gasteiger partial charge is 0.0779 e. The van der Waals surface area contributed by atoms with E-state index in [1.165, 1.54) is 44.4 Å². The zero-order valence-corrected chi connectivity index (χ0v) is 16.6. The van der Waals surface area contributed by atoms with Gasteiger partial charge < -0.3 is 4.90 Å². The van der Waals surface area contributed by atoms with Crippen LogP contribution in [0.2, 0.25) is 0 Å². The van der Waals surface area contributed by atoms with Crippen LogP contribution in [0.25, 0.3) is 21.9 Å². The topological polar surface area (TPSA) is 3.24 Å². The molecule has 0 saturated carbocycles. The molecule has 1 heterocycles. The summed E-state index contributed by atoms with van der Waals surface area (Å²) in [6.07, 6.45) is 19.8. The number of anilines is 1. The molecule has 0 bridgehead atoms. The highest BCUT2D eigenvalue weighted by Crippen LogP contribution is 2.42. The molecular formula is C29H21N. The summed E-state index contributed by atoms with van der Waals surface area (Å²) >= 11 is 0. The minimum atomic E-state index is 0.217. The van der Waals surface area contributed by atoms with E-state index >= 15 is 0 Å². The number of hydrogen-bond acceptors (Lipinski definition) is 1. The maximum atomic E-state index is 2.50. The number of fused-ring (bicyclic) bond motifs is 2. The quantitative estimate of drug-likeness (QED) is 0.455. The molecule has 3 aromatic rings. The molecule has 30 heavy (non-hydrogen) atoms. The van der Waals surface area contributed by atoms with E-state index in [0.29, 0.717) is 0 Å². The van der Waals surface area contributed by atoms with Gasteiger partial charge in [-0.1, -0.05) is 103 Å². The van der Waals surface area contributed by atoms with Gasteiger partial charge in [-0.3, -0.25) is 0 Å². The molecule has 0 saturated heterocycles. The second-order valence-electron chi connectivity index (χ2n) is 7.84. The molecule has 3 aromatic carbocycles. The Hall–Kier alpha value is -3.84. The van der Waals surface area contributed by atoms with Crippen molar-refractivity contribution in [2.24, 2.45) is 0 Å². The van der Waals surface area contributed by atoms with Crippen LogP contribution in [-0.2, 0) is 0 Å². The molecule has 3 aliphatic rings. The summed E-state index contributed by atoms with van der Waals surface area (Å²) in [6, 6.07) is 24.2. The number of hydrogen-bond donors (Lipinski definition) is 0. The normalized spacial score (nSPS) is 19.1. The van der Waals surface area contributed by atoms with E-state index in [4.69, 9.17) is 0 Å². The lowest BCUT2D eigenvalue weighted by molar-refractivity contribution is 0.916. The maximum absolute atomic E-state index is 2.50. The Labute approximate surface area is 177 Å². The second kappa shape index (κ2) is 6.89. The Morgan fingerprint density at radius 3 is 2.30 bits per heavy atom. The Morgan fingerprint density at radius 1 is 0.667 bits per heavy atom. The second-order valence-corrected chi connectivity index (χ2v) is 7.84. The van der Waals surface area contributed by atoms with Crippen molar-refractivity contribution in [1.29, 1.82) is 0 Å². The third-order valence-electron chi connectivity index (χ3n) is 6.04. The maximum Gasteiger partial charge on any atom is 0.0779 e. The Bertz CT molecular complexity index is 1320. The van der Waals surface area contributed by atoms with Crippen molar-refractivity contribution in [1.82, 2.24) is 0 Å². The van der Waals surface area contributed by atoms with Crippen LogP contribution >= 0.6 is 0 Å². The first kappa shape index (κ1) is 17.1. The van der Waals surface area contributed by atoms with Crippen molar-refractivity contribution < 1.29 is 0 Å². The van der Waals surface area contributed by atoms with E-state index in [0.717, 1.165) is 0 Å². The highest BCUT2D eigenvalue weighted by molar-refractivity contribution is 6.00. The summed E-state index contributed by atoms with van der Waals surface area (Å²) in [5.74, 6) is 0. The lowest BCUT2D eigenvalue weighted by Gasteiger charge is -2.31. The summed E-state index contributed by atoms with van der Waals surface area (Å²) in [5, 5.41) is 2.54. The van der Waals surface area contributed by atoms with Crippen LogP contribution in [0.3, 0.4) is 0 Å². The monoisotopic (exact) mass is 383 g/mol. The lowest BCUT2D eigenvalue weighted by atomic mass is 9.97. The first-order valence-corrected chi connectivity index (χ1v) is 10.4. The van der Waals surface area contributed by atoms with Crippen molar-refractivity contribution in [3.8, 4) is 11.1 Å². The third kappa shape index (κ3) is 2.71.